The van der Waals surface area contributed by atoms with Gasteiger partial charge < -0.3 is 19.4 Å². The summed E-state index contributed by atoms with van der Waals surface area (Å²) in [6.07, 6.45) is 0. The molecule has 0 unspecified atom stereocenters. The van der Waals surface area contributed by atoms with Crippen LogP contribution in [0.2, 0.25) is 0 Å². The van der Waals surface area contributed by atoms with Gasteiger partial charge in [0.25, 0.3) is 5.56 Å². The number of ether oxygens (including phenoxy) is 1. The first kappa shape index (κ1) is 18.5. The van der Waals surface area contributed by atoms with Crippen molar-refractivity contribution in [3.05, 3.63) is 39.0 Å². The maximum atomic E-state index is 12.2. The van der Waals surface area contributed by atoms with Crippen LogP contribution < -0.4 is 25.9 Å². The van der Waals surface area contributed by atoms with Crippen molar-refractivity contribution in [3.63, 3.8) is 0 Å². The molecule has 10 nitrogen and oxygen atoms in total. The van der Waals surface area contributed by atoms with E-state index in [4.69, 9.17) is 4.74 Å². The summed E-state index contributed by atoms with van der Waals surface area (Å²) in [5.41, 5.74) is -0.598. The molecule has 0 bridgehead atoms. The molecule has 0 aliphatic carbocycles. The fourth-order valence-electron chi connectivity index (χ4n) is 3.64. The number of hydrogen-bond donors (Lipinski definition) is 0. The first-order chi connectivity index (χ1) is 13.5. The van der Waals surface area contributed by atoms with E-state index in [9.17, 15) is 9.59 Å². The van der Waals surface area contributed by atoms with Crippen molar-refractivity contribution in [2.45, 2.75) is 0 Å². The molecule has 10 heteroatoms. The normalized spacial score (nSPS) is 17.9. The second kappa shape index (κ2) is 7.63. The smallest absolute Gasteiger partial charge is 0.332 e. The zero-order chi connectivity index (χ0) is 19.7. The Morgan fingerprint density at radius 2 is 1.32 bits per heavy atom. The van der Waals surface area contributed by atoms with Gasteiger partial charge in [-0.2, -0.15) is 0 Å². The highest BCUT2D eigenvalue weighted by molar-refractivity contribution is 5.48. The fourth-order valence-corrected chi connectivity index (χ4v) is 3.64. The van der Waals surface area contributed by atoms with E-state index in [0.29, 0.717) is 18.9 Å². The maximum absolute atomic E-state index is 12.2. The van der Waals surface area contributed by atoms with Gasteiger partial charge in [-0.05, 0) is 12.1 Å². The summed E-state index contributed by atoms with van der Waals surface area (Å²) in [5.74, 6) is 2.37. The van der Waals surface area contributed by atoms with E-state index in [1.165, 1.54) is 17.7 Å². The molecular weight excluding hydrogens is 362 g/mol. The highest BCUT2D eigenvalue weighted by atomic mass is 16.5. The highest BCUT2D eigenvalue weighted by Gasteiger charge is 2.22. The van der Waals surface area contributed by atoms with Crippen molar-refractivity contribution < 1.29 is 4.74 Å². The lowest BCUT2D eigenvalue weighted by molar-refractivity contribution is 0.122. The number of rotatable bonds is 3. The summed E-state index contributed by atoms with van der Waals surface area (Å²) < 4.78 is 8.01. The molecule has 2 aromatic rings. The first-order valence-electron chi connectivity index (χ1n) is 9.48. The third-order valence-electron chi connectivity index (χ3n) is 5.40. The van der Waals surface area contributed by atoms with Crippen LogP contribution in [0.3, 0.4) is 0 Å². The number of aromatic nitrogens is 4. The van der Waals surface area contributed by atoms with E-state index in [1.807, 2.05) is 12.1 Å². The monoisotopic (exact) mass is 387 g/mol. The molecule has 2 aromatic heterocycles. The molecule has 0 N–H and O–H groups in total. The van der Waals surface area contributed by atoms with Crippen LogP contribution >= 0.6 is 0 Å². The van der Waals surface area contributed by atoms with Crippen molar-refractivity contribution in [1.29, 1.82) is 0 Å². The predicted molar refractivity (Wildman–Crippen MR) is 106 cm³/mol. The quantitative estimate of drug-likeness (QED) is 0.665. The van der Waals surface area contributed by atoms with Gasteiger partial charge in [-0.1, -0.05) is 0 Å². The number of anilines is 3. The van der Waals surface area contributed by atoms with Crippen LogP contribution in [0.25, 0.3) is 0 Å². The molecule has 4 rings (SSSR count). The Balaban J connectivity index is 1.43. The van der Waals surface area contributed by atoms with Crippen molar-refractivity contribution >= 4 is 17.5 Å². The molecule has 0 saturated carbocycles. The third-order valence-corrected chi connectivity index (χ3v) is 5.40. The third kappa shape index (κ3) is 3.47. The van der Waals surface area contributed by atoms with Gasteiger partial charge in [0.2, 0.25) is 0 Å². The van der Waals surface area contributed by atoms with Gasteiger partial charge in [0.1, 0.15) is 5.82 Å². The molecule has 28 heavy (non-hydrogen) atoms. The van der Waals surface area contributed by atoms with Crippen LogP contribution in [0.4, 0.5) is 17.5 Å². The average molecular weight is 387 g/mol. The highest BCUT2D eigenvalue weighted by Crippen LogP contribution is 2.19. The molecule has 2 saturated heterocycles. The molecule has 0 radical (unpaired) electrons. The average Bonchev–Trinajstić information content (AvgIpc) is 2.76. The largest absolute Gasteiger partial charge is 0.378 e. The standard InChI is InChI=1S/C18H25N7O3/c1-21-16(13-17(26)22(2)18(21)27)25-7-5-23(6-8-25)14-3-4-15(20-19-14)24-9-11-28-12-10-24/h3-4,13H,5-12H2,1-2H3. The zero-order valence-electron chi connectivity index (χ0n) is 16.2. The zero-order valence-corrected chi connectivity index (χ0v) is 16.2. The van der Waals surface area contributed by atoms with Crippen molar-refractivity contribution in [3.8, 4) is 0 Å². The van der Waals surface area contributed by atoms with Gasteiger partial charge >= 0.3 is 5.69 Å². The van der Waals surface area contributed by atoms with Crippen LogP contribution in [0, 0.1) is 0 Å². The van der Waals surface area contributed by atoms with Crippen molar-refractivity contribution in [1.82, 2.24) is 19.3 Å². The summed E-state index contributed by atoms with van der Waals surface area (Å²) >= 11 is 0. The van der Waals surface area contributed by atoms with Crippen molar-refractivity contribution in [2.24, 2.45) is 14.1 Å². The minimum Gasteiger partial charge on any atom is -0.378 e. The number of piperazine rings is 1. The topological polar surface area (TPSA) is 88.7 Å². The molecule has 2 aliphatic rings. The van der Waals surface area contributed by atoms with Crippen LogP contribution in [-0.4, -0.2) is 71.8 Å². The van der Waals surface area contributed by atoms with Crippen LogP contribution in [0.15, 0.2) is 27.8 Å². The Morgan fingerprint density at radius 1 is 0.786 bits per heavy atom. The molecular formula is C18H25N7O3. The van der Waals surface area contributed by atoms with Gasteiger partial charge in [0.05, 0.1) is 13.2 Å². The van der Waals surface area contributed by atoms with E-state index < -0.39 is 0 Å². The summed E-state index contributed by atoms with van der Waals surface area (Å²) in [7, 11) is 3.19. The molecule has 150 valence electrons. The Kier molecular flexibility index (Phi) is 5.03. The minimum atomic E-state index is -0.311. The van der Waals surface area contributed by atoms with Gasteiger partial charge in [0, 0.05) is 59.4 Å². The van der Waals surface area contributed by atoms with E-state index in [0.717, 1.165) is 55.6 Å². The molecule has 0 aromatic carbocycles. The van der Waals surface area contributed by atoms with E-state index in [-0.39, 0.29) is 11.2 Å². The van der Waals surface area contributed by atoms with Crippen LogP contribution in [0.5, 0.6) is 0 Å². The first-order valence-corrected chi connectivity index (χ1v) is 9.48. The maximum Gasteiger partial charge on any atom is 0.332 e. The van der Waals surface area contributed by atoms with Gasteiger partial charge in [0.15, 0.2) is 11.6 Å². The molecule has 2 aliphatic heterocycles. The van der Waals surface area contributed by atoms with E-state index in [2.05, 4.69) is 24.9 Å². The van der Waals surface area contributed by atoms with Crippen LogP contribution in [-0.2, 0) is 18.8 Å². The summed E-state index contributed by atoms with van der Waals surface area (Å²) in [6.45, 7) is 6.00. The summed E-state index contributed by atoms with van der Waals surface area (Å²) in [5, 5.41) is 8.78. The lowest BCUT2D eigenvalue weighted by Crippen LogP contribution is -2.49. The Bertz CT molecular complexity index is 939. The van der Waals surface area contributed by atoms with Crippen molar-refractivity contribution in [2.75, 3.05) is 67.2 Å². The van der Waals surface area contributed by atoms with Gasteiger partial charge in [-0.3, -0.25) is 13.9 Å². The van der Waals surface area contributed by atoms with Gasteiger partial charge in [-0.15, -0.1) is 10.2 Å². The molecule has 0 atom stereocenters. The summed E-state index contributed by atoms with van der Waals surface area (Å²) in [4.78, 5) is 30.6. The number of morpholine rings is 1. The fraction of sp³-hybridized carbons (Fsp3) is 0.556. The predicted octanol–water partition coefficient (Wildman–Crippen LogP) is -0.963. The second-order valence-corrected chi connectivity index (χ2v) is 7.06. The number of nitrogens with zero attached hydrogens (tertiary/aromatic N) is 7. The second-order valence-electron chi connectivity index (χ2n) is 7.06. The molecule has 2 fully saturated rings. The summed E-state index contributed by atoms with van der Waals surface area (Å²) in [6, 6.07) is 5.53. The SMILES string of the molecule is Cn1c(N2CCN(c3ccc(N4CCOCC4)nn3)CC2)cc(=O)n(C)c1=O. The Labute approximate surface area is 162 Å². The molecule has 0 amide bonds. The lowest BCUT2D eigenvalue weighted by Gasteiger charge is -2.37. The van der Waals surface area contributed by atoms with E-state index >= 15 is 0 Å². The van der Waals surface area contributed by atoms with Gasteiger partial charge in [-0.25, -0.2) is 4.79 Å². The minimum absolute atomic E-state index is 0.287. The van der Waals surface area contributed by atoms with Crippen LogP contribution in [0.1, 0.15) is 0 Å². The Hall–Kier alpha value is -2.88. The molecule has 4 heterocycles. The Morgan fingerprint density at radius 3 is 1.89 bits per heavy atom. The van der Waals surface area contributed by atoms with E-state index in [1.54, 1.807) is 7.05 Å². The number of hydrogen-bond acceptors (Lipinski definition) is 8. The molecule has 0 spiro atoms. The lowest BCUT2D eigenvalue weighted by atomic mass is 10.3.